The Hall–Kier alpha value is -2.63. The van der Waals surface area contributed by atoms with Crippen LogP contribution in [-0.2, 0) is 20.7 Å². The van der Waals surface area contributed by atoms with E-state index in [1.807, 2.05) is 20.8 Å². The van der Waals surface area contributed by atoms with Crippen molar-refractivity contribution in [3.8, 4) is 5.75 Å². The number of carbonyl (C=O) groups is 3. The topological polar surface area (TPSA) is 72.9 Å². The molecular formula is C21H27NO5. The predicted octanol–water partition coefficient (Wildman–Crippen LogP) is 3.16. The number of amides is 1. The summed E-state index contributed by atoms with van der Waals surface area (Å²) in [5.74, 6) is -1.07. The van der Waals surface area contributed by atoms with E-state index >= 15 is 0 Å². The summed E-state index contributed by atoms with van der Waals surface area (Å²) in [5, 5.41) is 0. The molecule has 1 aromatic rings. The Balaban J connectivity index is 2.18. The first-order valence-electron chi connectivity index (χ1n) is 9.27. The molecule has 0 aromatic heterocycles. The van der Waals surface area contributed by atoms with Gasteiger partial charge in [0, 0.05) is 25.2 Å². The van der Waals surface area contributed by atoms with E-state index in [9.17, 15) is 14.4 Å². The van der Waals surface area contributed by atoms with Gasteiger partial charge in [-0.05, 0) is 62.3 Å². The van der Waals surface area contributed by atoms with Gasteiger partial charge in [-0.2, -0.15) is 0 Å². The van der Waals surface area contributed by atoms with E-state index in [1.165, 1.54) is 12.7 Å². The first-order chi connectivity index (χ1) is 12.8. The highest BCUT2D eigenvalue weighted by molar-refractivity contribution is 6.04. The van der Waals surface area contributed by atoms with Gasteiger partial charge in [0.2, 0.25) is 5.91 Å². The van der Waals surface area contributed by atoms with Gasteiger partial charge in [0.25, 0.3) is 0 Å². The Labute approximate surface area is 160 Å². The van der Waals surface area contributed by atoms with Gasteiger partial charge >= 0.3 is 11.9 Å². The van der Waals surface area contributed by atoms with E-state index in [2.05, 4.69) is 6.92 Å². The molecule has 0 saturated heterocycles. The van der Waals surface area contributed by atoms with E-state index in [-0.39, 0.29) is 11.5 Å². The molecule has 0 bridgehead atoms. The minimum absolute atomic E-state index is 0.236. The van der Waals surface area contributed by atoms with Gasteiger partial charge in [0.15, 0.2) is 0 Å². The molecule has 1 aliphatic rings. The predicted molar refractivity (Wildman–Crippen MR) is 102 cm³/mol. The van der Waals surface area contributed by atoms with Crippen molar-refractivity contribution in [3.05, 3.63) is 40.5 Å². The molecule has 0 aliphatic heterocycles. The number of methoxy groups -OCH3 is 1. The van der Waals surface area contributed by atoms with Crippen LogP contribution in [0.3, 0.4) is 0 Å². The number of fused-ring (bicyclic) bond motifs is 1. The van der Waals surface area contributed by atoms with Crippen molar-refractivity contribution in [2.24, 2.45) is 0 Å². The van der Waals surface area contributed by atoms with Crippen molar-refractivity contribution in [1.29, 1.82) is 0 Å². The molecular weight excluding hydrogens is 346 g/mol. The molecule has 0 heterocycles. The lowest BCUT2D eigenvalue weighted by atomic mass is 9.95. The largest absolute Gasteiger partial charge is 0.496 e. The molecule has 1 unspecified atom stereocenters. The second-order valence-corrected chi connectivity index (χ2v) is 6.66. The molecule has 0 saturated carbocycles. The van der Waals surface area contributed by atoms with Crippen LogP contribution in [0.1, 0.15) is 60.2 Å². The van der Waals surface area contributed by atoms with Crippen LogP contribution in [0.25, 0.3) is 0 Å². The summed E-state index contributed by atoms with van der Waals surface area (Å²) >= 11 is 0. The second-order valence-electron chi connectivity index (χ2n) is 6.66. The number of likely N-dealkylation sites (N-methyl/N-ethyl adjacent to an activating group) is 1. The van der Waals surface area contributed by atoms with E-state index in [1.54, 1.807) is 11.0 Å². The van der Waals surface area contributed by atoms with Crippen LogP contribution in [0.4, 0.5) is 0 Å². The second kappa shape index (κ2) is 8.84. The molecule has 1 amide bonds. The first-order valence-corrected chi connectivity index (χ1v) is 9.27. The first kappa shape index (κ1) is 20.7. The van der Waals surface area contributed by atoms with Crippen molar-refractivity contribution in [2.75, 3.05) is 20.2 Å². The minimum atomic E-state index is -0.880. The monoisotopic (exact) mass is 373 g/mol. The molecule has 1 aliphatic carbocycles. The van der Waals surface area contributed by atoms with Crippen LogP contribution in [0.2, 0.25) is 0 Å². The van der Waals surface area contributed by atoms with Crippen LogP contribution >= 0.6 is 0 Å². The Kier molecular flexibility index (Phi) is 6.77. The Morgan fingerprint density at radius 2 is 1.89 bits per heavy atom. The molecule has 0 fully saturated rings. The molecule has 27 heavy (non-hydrogen) atoms. The number of esters is 2. The maximum Gasteiger partial charge on any atom is 0.349 e. The minimum Gasteiger partial charge on any atom is -0.496 e. The number of aryl methyl sites for hydroxylation is 1. The van der Waals surface area contributed by atoms with E-state index < -0.39 is 11.9 Å². The van der Waals surface area contributed by atoms with Gasteiger partial charge in [0.05, 0.1) is 7.11 Å². The van der Waals surface area contributed by atoms with Gasteiger partial charge in [-0.15, -0.1) is 0 Å². The lowest BCUT2D eigenvalue weighted by Gasteiger charge is -2.16. The Morgan fingerprint density at radius 1 is 1.22 bits per heavy atom. The average molecular weight is 373 g/mol. The zero-order valence-electron chi connectivity index (χ0n) is 16.6. The van der Waals surface area contributed by atoms with Gasteiger partial charge in [-0.1, -0.05) is 6.92 Å². The van der Waals surface area contributed by atoms with Crippen LogP contribution in [-0.4, -0.2) is 42.9 Å². The fourth-order valence-corrected chi connectivity index (χ4v) is 3.67. The van der Waals surface area contributed by atoms with E-state index in [0.29, 0.717) is 24.8 Å². The Morgan fingerprint density at radius 3 is 2.48 bits per heavy atom. The fourth-order valence-electron chi connectivity index (χ4n) is 3.67. The van der Waals surface area contributed by atoms with Crippen LogP contribution in [0, 0.1) is 6.92 Å². The summed E-state index contributed by atoms with van der Waals surface area (Å²) < 4.78 is 10.4. The van der Waals surface area contributed by atoms with E-state index in [0.717, 1.165) is 36.1 Å². The summed E-state index contributed by atoms with van der Waals surface area (Å²) in [4.78, 5) is 37.9. The maximum atomic E-state index is 12.5. The smallest absolute Gasteiger partial charge is 0.349 e. The normalized spacial score (nSPS) is 15.5. The molecule has 6 heteroatoms. The summed E-state index contributed by atoms with van der Waals surface area (Å²) in [5.41, 5.74) is 3.44. The standard InChI is InChI=1S/C21H27NO5/c1-6-22(7-2)17(23)10-11-18(24)27-21(25)16-12-14(4)19-13(3)8-9-15(19)20(16)26-5/h10-13H,6-9H2,1-5H3. The van der Waals surface area contributed by atoms with Gasteiger partial charge < -0.3 is 14.4 Å². The highest BCUT2D eigenvalue weighted by Gasteiger charge is 2.29. The highest BCUT2D eigenvalue weighted by atomic mass is 16.6. The zero-order chi connectivity index (χ0) is 20.1. The third-order valence-corrected chi connectivity index (χ3v) is 5.00. The van der Waals surface area contributed by atoms with Gasteiger partial charge in [-0.3, -0.25) is 4.79 Å². The third-order valence-electron chi connectivity index (χ3n) is 5.00. The SMILES string of the molecule is CCN(CC)C(=O)C=CC(=O)OC(=O)c1cc(C)c2c(c1OC)CCC2C. The van der Waals surface area contributed by atoms with Crippen molar-refractivity contribution in [2.45, 2.75) is 46.5 Å². The highest BCUT2D eigenvalue weighted by Crippen LogP contribution is 2.42. The van der Waals surface area contributed by atoms with Crippen molar-refractivity contribution >= 4 is 17.8 Å². The number of ether oxygens (including phenoxy) is 2. The quantitative estimate of drug-likeness (QED) is 0.435. The molecule has 1 atom stereocenters. The molecule has 1 aromatic carbocycles. The van der Waals surface area contributed by atoms with Crippen LogP contribution < -0.4 is 4.74 Å². The number of rotatable bonds is 6. The Bertz CT molecular complexity index is 777. The van der Waals surface area contributed by atoms with E-state index in [4.69, 9.17) is 9.47 Å². The third kappa shape index (κ3) is 4.38. The van der Waals surface area contributed by atoms with Crippen molar-refractivity contribution in [3.63, 3.8) is 0 Å². The number of nitrogens with zero attached hydrogens (tertiary/aromatic N) is 1. The molecule has 0 N–H and O–H groups in total. The summed E-state index contributed by atoms with van der Waals surface area (Å²) in [6.45, 7) is 8.87. The van der Waals surface area contributed by atoms with Gasteiger partial charge in [-0.25, -0.2) is 9.59 Å². The fraction of sp³-hybridized carbons (Fsp3) is 0.476. The number of hydrogen-bond acceptors (Lipinski definition) is 5. The van der Waals surface area contributed by atoms with Crippen molar-refractivity contribution in [1.82, 2.24) is 4.90 Å². The molecule has 0 spiro atoms. The van der Waals surface area contributed by atoms with Gasteiger partial charge in [0.1, 0.15) is 11.3 Å². The molecule has 0 radical (unpaired) electrons. The summed E-state index contributed by atoms with van der Waals surface area (Å²) in [6, 6.07) is 1.71. The lowest BCUT2D eigenvalue weighted by molar-refractivity contribution is -0.133. The van der Waals surface area contributed by atoms with Crippen molar-refractivity contribution < 1.29 is 23.9 Å². The summed E-state index contributed by atoms with van der Waals surface area (Å²) in [6.07, 6.45) is 3.93. The molecule has 6 nitrogen and oxygen atoms in total. The van der Waals surface area contributed by atoms with Crippen LogP contribution in [0.5, 0.6) is 5.75 Å². The average Bonchev–Trinajstić information content (AvgIpc) is 3.03. The number of benzene rings is 1. The van der Waals surface area contributed by atoms with Crippen LogP contribution in [0.15, 0.2) is 18.2 Å². The number of carbonyl (C=O) groups excluding carboxylic acids is 3. The summed E-state index contributed by atoms with van der Waals surface area (Å²) in [7, 11) is 1.51. The zero-order valence-corrected chi connectivity index (χ0v) is 16.6. The number of hydrogen-bond donors (Lipinski definition) is 0. The maximum absolute atomic E-state index is 12.5. The lowest BCUT2D eigenvalue weighted by Crippen LogP contribution is -2.28. The molecule has 2 rings (SSSR count). The molecule has 146 valence electrons.